The molecule has 0 radical (unpaired) electrons. The normalized spacial score (nSPS) is 12.5. The first-order valence-electron chi connectivity index (χ1n) is 6.24. The van der Waals surface area contributed by atoms with Crippen molar-refractivity contribution in [2.45, 2.75) is 26.3 Å². The Morgan fingerprint density at radius 3 is 3.00 bits per heavy atom. The van der Waals surface area contributed by atoms with Gasteiger partial charge >= 0.3 is 5.76 Å². The van der Waals surface area contributed by atoms with Gasteiger partial charge in [-0.3, -0.25) is 9.78 Å². The number of amides is 1. The molecule has 2 aromatic rings. The van der Waals surface area contributed by atoms with Crippen LogP contribution in [-0.4, -0.2) is 23.5 Å². The molecule has 1 atom stereocenters. The SMILES string of the molecule is CCNC(C)CC(=O)Nc1ccc2oc(=O)[nH]c2c1. The highest BCUT2D eigenvalue weighted by Crippen LogP contribution is 2.16. The lowest BCUT2D eigenvalue weighted by atomic mass is 10.2. The topological polar surface area (TPSA) is 87.1 Å². The minimum Gasteiger partial charge on any atom is -0.408 e. The smallest absolute Gasteiger partial charge is 0.408 e. The van der Waals surface area contributed by atoms with Crippen molar-refractivity contribution in [1.82, 2.24) is 10.3 Å². The number of rotatable bonds is 5. The van der Waals surface area contributed by atoms with E-state index in [1.807, 2.05) is 13.8 Å². The molecule has 3 N–H and O–H groups in total. The summed E-state index contributed by atoms with van der Waals surface area (Å²) in [4.78, 5) is 25.4. The predicted molar refractivity (Wildman–Crippen MR) is 73.2 cm³/mol. The second-order valence-electron chi connectivity index (χ2n) is 4.44. The fraction of sp³-hybridized carbons (Fsp3) is 0.385. The number of anilines is 1. The number of fused-ring (bicyclic) bond motifs is 1. The van der Waals surface area contributed by atoms with Crippen LogP contribution >= 0.6 is 0 Å². The summed E-state index contributed by atoms with van der Waals surface area (Å²) in [6, 6.07) is 5.16. The molecule has 0 bridgehead atoms. The first kappa shape index (κ1) is 13.4. The van der Waals surface area contributed by atoms with Gasteiger partial charge in [-0.25, -0.2) is 4.79 Å². The van der Waals surface area contributed by atoms with Gasteiger partial charge in [-0.1, -0.05) is 6.92 Å². The minimum absolute atomic E-state index is 0.0707. The summed E-state index contributed by atoms with van der Waals surface area (Å²) in [6.07, 6.45) is 0.397. The molecule has 1 amide bonds. The highest BCUT2D eigenvalue weighted by atomic mass is 16.4. The van der Waals surface area contributed by atoms with E-state index in [2.05, 4.69) is 15.6 Å². The molecule has 1 aromatic heterocycles. The zero-order chi connectivity index (χ0) is 13.8. The molecule has 0 aliphatic heterocycles. The van der Waals surface area contributed by atoms with Crippen LogP contribution in [0.25, 0.3) is 11.1 Å². The summed E-state index contributed by atoms with van der Waals surface area (Å²) in [6.45, 7) is 4.79. The van der Waals surface area contributed by atoms with Gasteiger partial charge in [-0.2, -0.15) is 0 Å². The molecule has 0 aliphatic rings. The molecule has 0 saturated heterocycles. The zero-order valence-corrected chi connectivity index (χ0v) is 10.9. The summed E-state index contributed by atoms with van der Waals surface area (Å²) in [5.41, 5.74) is 1.68. The largest absolute Gasteiger partial charge is 0.417 e. The number of hydrogen-bond donors (Lipinski definition) is 3. The number of aromatic nitrogens is 1. The molecule has 0 spiro atoms. The lowest BCUT2D eigenvalue weighted by Gasteiger charge is -2.12. The van der Waals surface area contributed by atoms with E-state index >= 15 is 0 Å². The summed E-state index contributed by atoms with van der Waals surface area (Å²) < 4.78 is 4.89. The Balaban J connectivity index is 2.04. The van der Waals surface area contributed by atoms with Gasteiger partial charge in [0, 0.05) is 18.2 Å². The highest BCUT2D eigenvalue weighted by molar-refractivity contribution is 5.93. The number of nitrogens with one attached hydrogen (secondary N) is 3. The number of aromatic amines is 1. The lowest BCUT2D eigenvalue weighted by Crippen LogP contribution is -2.30. The van der Waals surface area contributed by atoms with Gasteiger partial charge in [-0.15, -0.1) is 0 Å². The minimum atomic E-state index is -0.501. The molecule has 0 fully saturated rings. The third-order valence-corrected chi connectivity index (χ3v) is 2.75. The Morgan fingerprint density at radius 1 is 1.47 bits per heavy atom. The van der Waals surface area contributed by atoms with Gasteiger partial charge in [0.15, 0.2) is 5.58 Å². The summed E-state index contributed by atoms with van der Waals surface area (Å²) in [5.74, 6) is -0.571. The van der Waals surface area contributed by atoms with Crippen molar-refractivity contribution in [3.63, 3.8) is 0 Å². The van der Waals surface area contributed by atoms with E-state index in [-0.39, 0.29) is 11.9 Å². The van der Waals surface area contributed by atoms with Crippen molar-refractivity contribution in [2.24, 2.45) is 0 Å². The van der Waals surface area contributed by atoms with Gasteiger partial charge in [0.1, 0.15) is 0 Å². The predicted octanol–water partition coefficient (Wildman–Crippen LogP) is 1.45. The molecule has 19 heavy (non-hydrogen) atoms. The van der Waals surface area contributed by atoms with Crippen LogP contribution in [0.1, 0.15) is 20.3 Å². The third kappa shape index (κ3) is 3.45. The van der Waals surface area contributed by atoms with Crippen molar-refractivity contribution < 1.29 is 9.21 Å². The Kier molecular flexibility index (Phi) is 4.01. The summed E-state index contributed by atoms with van der Waals surface area (Å²) >= 11 is 0. The standard InChI is InChI=1S/C13H17N3O3/c1-3-14-8(2)6-12(17)15-9-4-5-11-10(7-9)16-13(18)19-11/h4-5,7-8,14H,3,6H2,1-2H3,(H,15,17)(H,16,18). The van der Waals surface area contributed by atoms with Crippen molar-refractivity contribution in [3.05, 3.63) is 28.7 Å². The molecule has 6 heteroatoms. The Labute approximate surface area is 110 Å². The Bertz CT molecular complexity index is 629. The Morgan fingerprint density at radius 2 is 2.26 bits per heavy atom. The first-order valence-corrected chi connectivity index (χ1v) is 6.24. The monoisotopic (exact) mass is 263 g/mol. The van der Waals surface area contributed by atoms with E-state index in [1.54, 1.807) is 18.2 Å². The number of benzene rings is 1. The van der Waals surface area contributed by atoms with Crippen LogP contribution in [-0.2, 0) is 4.79 Å². The van der Waals surface area contributed by atoms with Crippen molar-refractivity contribution in [3.8, 4) is 0 Å². The van der Waals surface area contributed by atoms with Gasteiger partial charge in [0.2, 0.25) is 5.91 Å². The summed E-state index contributed by atoms with van der Waals surface area (Å²) in [5, 5.41) is 5.96. The van der Waals surface area contributed by atoms with Crippen LogP contribution in [0.15, 0.2) is 27.4 Å². The maximum absolute atomic E-state index is 11.8. The van der Waals surface area contributed by atoms with E-state index in [0.29, 0.717) is 23.2 Å². The van der Waals surface area contributed by atoms with E-state index in [1.165, 1.54) is 0 Å². The average molecular weight is 263 g/mol. The Hall–Kier alpha value is -2.08. The molecule has 6 nitrogen and oxygen atoms in total. The molecule has 0 saturated carbocycles. The van der Waals surface area contributed by atoms with Crippen molar-refractivity contribution >= 4 is 22.7 Å². The third-order valence-electron chi connectivity index (χ3n) is 2.75. The zero-order valence-electron chi connectivity index (χ0n) is 10.9. The number of H-pyrrole nitrogens is 1. The number of carbonyl (C=O) groups excluding carboxylic acids is 1. The van der Waals surface area contributed by atoms with Gasteiger partial charge in [0.05, 0.1) is 5.52 Å². The van der Waals surface area contributed by atoms with E-state index in [9.17, 15) is 9.59 Å². The number of oxazole rings is 1. The van der Waals surface area contributed by atoms with E-state index in [0.717, 1.165) is 6.54 Å². The fourth-order valence-electron chi connectivity index (χ4n) is 1.94. The molecule has 1 heterocycles. The van der Waals surface area contributed by atoms with Crippen LogP contribution in [0.2, 0.25) is 0 Å². The van der Waals surface area contributed by atoms with Gasteiger partial charge < -0.3 is 15.1 Å². The second-order valence-corrected chi connectivity index (χ2v) is 4.44. The number of carbonyl (C=O) groups is 1. The molecular formula is C13H17N3O3. The molecular weight excluding hydrogens is 246 g/mol. The van der Waals surface area contributed by atoms with Gasteiger partial charge in [0.25, 0.3) is 0 Å². The van der Waals surface area contributed by atoms with Crippen LogP contribution in [0, 0.1) is 0 Å². The molecule has 1 unspecified atom stereocenters. The number of hydrogen-bond acceptors (Lipinski definition) is 4. The maximum atomic E-state index is 11.8. The molecule has 2 rings (SSSR count). The summed E-state index contributed by atoms with van der Waals surface area (Å²) in [7, 11) is 0. The second kappa shape index (κ2) is 5.71. The average Bonchev–Trinajstić information content (AvgIpc) is 2.68. The fourth-order valence-corrected chi connectivity index (χ4v) is 1.94. The quantitative estimate of drug-likeness (QED) is 0.762. The molecule has 1 aromatic carbocycles. The van der Waals surface area contributed by atoms with Crippen molar-refractivity contribution in [1.29, 1.82) is 0 Å². The van der Waals surface area contributed by atoms with Gasteiger partial charge in [-0.05, 0) is 31.7 Å². The van der Waals surface area contributed by atoms with Crippen LogP contribution < -0.4 is 16.4 Å². The maximum Gasteiger partial charge on any atom is 0.417 e. The van der Waals surface area contributed by atoms with Crippen LogP contribution in [0.5, 0.6) is 0 Å². The molecule has 0 aliphatic carbocycles. The first-order chi connectivity index (χ1) is 9.08. The van der Waals surface area contributed by atoms with Crippen molar-refractivity contribution in [2.75, 3.05) is 11.9 Å². The van der Waals surface area contributed by atoms with E-state index < -0.39 is 5.76 Å². The van der Waals surface area contributed by atoms with Crippen LogP contribution in [0.3, 0.4) is 0 Å². The lowest BCUT2D eigenvalue weighted by molar-refractivity contribution is -0.116. The van der Waals surface area contributed by atoms with E-state index in [4.69, 9.17) is 4.42 Å². The highest BCUT2D eigenvalue weighted by Gasteiger charge is 2.09. The molecule has 102 valence electrons. The van der Waals surface area contributed by atoms with Crippen LogP contribution in [0.4, 0.5) is 5.69 Å².